The zero-order chi connectivity index (χ0) is 17.9. The summed E-state index contributed by atoms with van der Waals surface area (Å²) >= 11 is 0. The maximum Gasteiger partial charge on any atom is 0.240 e. The first-order valence-corrected chi connectivity index (χ1v) is 9.30. The van der Waals surface area contributed by atoms with Gasteiger partial charge in [0.05, 0.1) is 6.04 Å². The number of carbonyl (C=O) groups is 1. The van der Waals surface area contributed by atoms with Gasteiger partial charge in [-0.2, -0.15) is 0 Å². The van der Waals surface area contributed by atoms with Crippen LogP contribution in [-0.4, -0.2) is 64.9 Å². The minimum Gasteiger partial charge on any atom is -0.339 e. The quantitative estimate of drug-likeness (QED) is 0.822. The Hall–Kier alpha value is -2.47. The van der Waals surface area contributed by atoms with Gasteiger partial charge in [0.2, 0.25) is 11.9 Å². The highest BCUT2D eigenvalue weighted by Crippen LogP contribution is 2.23. The first-order valence-electron chi connectivity index (χ1n) is 9.30. The fourth-order valence-electron chi connectivity index (χ4n) is 3.93. The summed E-state index contributed by atoms with van der Waals surface area (Å²) in [5, 5.41) is 0. The number of aromatic nitrogens is 2. The van der Waals surface area contributed by atoms with Crippen LogP contribution in [0.2, 0.25) is 0 Å². The van der Waals surface area contributed by atoms with E-state index in [0.29, 0.717) is 0 Å². The molecule has 0 radical (unpaired) electrons. The molecule has 136 valence electrons. The third-order valence-corrected chi connectivity index (χ3v) is 5.41. The number of amides is 1. The highest BCUT2D eigenvalue weighted by atomic mass is 16.2. The standard InChI is InChI=1S/C20H25N5O/c1-23-15-17-7-3-2-6-16(17)14-18(23)19(26)24-10-5-11-25(13-12-24)20-21-8-4-9-22-20/h2-4,6-9,18H,5,10-15H2,1H3/t18-/m1/s1. The van der Waals surface area contributed by atoms with Crippen molar-refractivity contribution in [1.82, 2.24) is 19.8 Å². The highest BCUT2D eigenvalue weighted by molar-refractivity contribution is 5.82. The van der Waals surface area contributed by atoms with E-state index in [1.165, 1.54) is 11.1 Å². The Morgan fingerprint density at radius 3 is 2.58 bits per heavy atom. The highest BCUT2D eigenvalue weighted by Gasteiger charge is 2.32. The molecule has 1 amide bonds. The second-order valence-electron chi connectivity index (χ2n) is 7.12. The molecule has 1 aromatic heterocycles. The van der Waals surface area contributed by atoms with Crippen LogP contribution in [0.5, 0.6) is 0 Å². The van der Waals surface area contributed by atoms with E-state index < -0.39 is 0 Å². The number of benzene rings is 1. The number of rotatable bonds is 2. The molecule has 1 atom stereocenters. The lowest BCUT2D eigenvalue weighted by atomic mass is 9.93. The van der Waals surface area contributed by atoms with Gasteiger partial charge >= 0.3 is 0 Å². The lowest BCUT2D eigenvalue weighted by molar-refractivity contribution is -0.136. The van der Waals surface area contributed by atoms with E-state index in [-0.39, 0.29) is 11.9 Å². The van der Waals surface area contributed by atoms with E-state index in [1.807, 2.05) is 11.0 Å². The van der Waals surface area contributed by atoms with Crippen molar-refractivity contribution in [3.63, 3.8) is 0 Å². The molecule has 6 heteroatoms. The van der Waals surface area contributed by atoms with Gasteiger partial charge in [-0.25, -0.2) is 9.97 Å². The van der Waals surface area contributed by atoms with Crippen molar-refractivity contribution in [3.05, 3.63) is 53.9 Å². The zero-order valence-corrected chi connectivity index (χ0v) is 15.2. The number of nitrogens with zero attached hydrogens (tertiary/aromatic N) is 5. The predicted octanol–water partition coefficient (Wildman–Crippen LogP) is 1.57. The molecule has 2 aliphatic heterocycles. The van der Waals surface area contributed by atoms with Crippen molar-refractivity contribution in [3.8, 4) is 0 Å². The van der Waals surface area contributed by atoms with Gasteiger partial charge in [0.1, 0.15) is 0 Å². The molecule has 2 aromatic rings. The molecule has 0 bridgehead atoms. The van der Waals surface area contributed by atoms with Crippen molar-refractivity contribution in [2.24, 2.45) is 0 Å². The summed E-state index contributed by atoms with van der Waals surface area (Å²) in [4.78, 5) is 28.3. The summed E-state index contributed by atoms with van der Waals surface area (Å²) in [6.07, 6.45) is 5.28. The van der Waals surface area contributed by atoms with Crippen molar-refractivity contribution in [2.75, 3.05) is 38.1 Å². The van der Waals surface area contributed by atoms with Gasteiger partial charge in [0.15, 0.2) is 0 Å². The van der Waals surface area contributed by atoms with Crippen LogP contribution in [0.4, 0.5) is 5.95 Å². The normalized spacial score (nSPS) is 21.2. The van der Waals surface area contributed by atoms with Crippen LogP contribution in [0.3, 0.4) is 0 Å². The van der Waals surface area contributed by atoms with Crippen LogP contribution in [0, 0.1) is 0 Å². The van der Waals surface area contributed by atoms with Crippen LogP contribution in [0.15, 0.2) is 42.7 Å². The van der Waals surface area contributed by atoms with E-state index in [9.17, 15) is 4.79 Å². The first kappa shape index (κ1) is 17.0. The SMILES string of the molecule is CN1Cc2ccccc2C[C@@H]1C(=O)N1CCCN(c2ncccn2)CC1. The van der Waals surface area contributed by atoms with Crippen molar-refractivity contribution >= 4 is 11.9 Å². The number of fused-ring (bicyclic) bond motifs is 1. The van der Waals surface area contributed by atoms with Crippen LogP contribution >= 0.6 is 0 Å². The first-order chi connectivity index (χ1) is 12.7. The molecule has 0 N–H and O–H groups in total. The average molecular weight is 351 g/mol. The third-order valence-electron chi connectivity index (χ3n) is 5.41. The molecule has 6 nitrogen and oxygen atoms in total. The minimum atomic E-state index is -0.0653. The number of hydrogen-bond donors (Lipinski definition) is 0. The summed E-state index contributed by atoms with van der Waals surface area (Å²) in [5.74, 6) is 1.00. The molecule has 4 rings (SSSR count). The molecule has 26 heavy (non-hydrogen) atoms. The van der Waals surface area contributed by atoms with Gasteiger partial charge < -0.3 is 9.80 Å². The third kappa shape index (κ3) is 3.42. The summed E-state index contributed by atoms with van der Waals surface area (Å²) < 4.78 is 0. The molecule has 2 aliphatic rings. The van der Waals surface area contributed by atoms with Gasteiger partial charge in [-0.3, -0.25) is 9.69 Å². The lowest BCUT2D eigenvalue weighted by Crippen LogP contribution is -2.51. The second kappa shape index (κ2) is 7.41. The average Bonchev–Trinajstić information content (AvgIpc) is 2.94. The fourth-order valence-corrected chi connectivity index (χ4v) is 3.93. The molecule has 0 saturated carbocycles. The number of anilines is 1. The molecule has 1 saturated heterocycles. The topological polar surface area (TPSA) is 52.6 Å². The van der Waals surface area contributed by atoms with E-state index >= 15 is 0 Å². The van der Waals surface area contributed by atoms with Gasteiger partial charge in [-0.05, 0) is 37.1 Å². The Bertz CT molecular complexity index is 766. The Morgan fingerprint density at radius 2 is 1.77 bits per heavy atom. The molecule has 1 aromatic carbocycles. The zero-order valence-electron chi connectivity index (χ0n) is 15.2. The summed E-state index contributed by atoms with van der Waals surface area (Å²) in [5.41, 5.74) is 2.64. The monoisotopic (exact) mass is 351 g/mol. The Balaban J connectivity index is 1.44. The molecule has 0 spiro atoms. The Kier molecular flexibility index (Phi) is 4.84. The second-order valence-corrected chi connectivity index (χ2v) is 7.12. The lowest BCUT2D eigenvalue weighted by Gasteiger charge is -2.36. The predicted molar refractivity (Wildman–Crippen MR) is 101 cm³/mol. The van der Waals surface area contributed by atoms with Gasteiger partial charge in [-0.1, -0.05) is 24.3 Å². The number of likely N-dealkylation sites (N-methyl/N-ethyl adjacent to an activating group) is 1. The van der Waals surface area contributed by atoms with E-state index in [0.717, 1.165) is 51.5 Å². The fraction of sp³-hybridized carbons (Fsp3) is 0.450. The van der Waals surface area contributed by atoms with Crippen molar-refractivity contribution in [1.29, 1.82) is 0 Å². The number of carbonyl (C=O) groups excluding carboxylic acids is 1. The van der Waals surface area contributed by atoms with Gasteiger partial charge in [-0.15, -0.1) is 0 Å². The van der Waals surface area contributed by atoms with E-state index in [4.69, 9.17) is 0 Å². The maximum absolute atomic E-state index is 13.2. The summed E-state index contributed by atoms with van der Waals surface area (Å²) in [6.45, 7) is 4.03. The van der Waals surface area contributed by atoms with E-state index in [2.05, 4.69) is 51.1 Å². The summed E-state index contributed by atoms with van der Waals surface area (Å²) in [6, 6.07) is 10.2. The van der Waals surface area contributed by atoms with Gasteiger partial charge in [0.25, 0.3) is 0 Å². The van der Waals surface area contributed by atoms with Crippen LogP contribution in [0.25, 0.3) is 0 Å². The minimum absolute atomic E-state index is 0.0653. The van der Waals surface area contributed by atoms with Crippen molar-refractivity contribution < 1.29 is 4.79 Å². The van der Waals surface area contributed by atoms with Crippen LogP contribution in [-0.2, 0) is 17.8 Å². The maximum atomic E-state index is 13.2. The molecular formula is C20H25N5O. The molecule has 3 heterocycles. The molecule has 0 unspecified atom stereocenters. The van der Waals surface area contributed by atoms with Crippen LogP contribution in [0.1, 0.15) is 17.5 Å². The largest absolute Gasteiger partial charge is 0.339 e. The Labute approximate surface area is 154 Å². The van der Waals surface area contributed by atoms with Crippen molar-refractivity contribution in [2.45, 2.75) is 25.4 Å². The van der Waals surface area contributed by atoms with Crippen LogP contribution < -0.4 is 4.90 Å². The van der Waals surface area contributed by atoms with E-state index in [1.54, 1.807) is 12.4 Å². The molecular weight excluding hydrogens is 326 g/mol. The van der Waals surface area contributed by atoms with Gasteiger partial charge in [0, 0.05) is 45.1 Å². The summed E-state index contributed by atoms with van der Waals surface area (Å²) in [7, 11) is 2.06. The molecule has 0 aliphatic carbocycles. The number of hydrogen-bond acceptors (Lipinski definition) is 5. The smallest absolute Gasteiger partial charge is 0.240 e. The molecule has 1 fully saturated rings. The Morgan fingerprint density at radius 1 is 1.00 bits per heavy atom.